The molecule has 0 bridgehead atoms. The Morgan fingerprint density at radius 1 is 1.12 bits per heavy atom. The van der Waals surface area contributed by atoms with Gasteiger partial charge >= 0.3 is 5.97 Å². The fraction of sp³-hybridized carbons (Fsp3) is 0.158. The summed E-state index contributed by atoms with van der Waals surface area (Å²) in [6.45, 7) is 2.31. The molecule has 0 atom stereocenters. The Hall–Kier alpha value is -2.93. The first-order valence-electron chi connectivity index (χ1n) is 7.85. The molecule has 0 radical (unpaired) electrons. The molecule has 0 saturated carbocycles. The van der Waals surface area contributed by atoms with Crippen LogP contribution in [0.5, 0.6) is 11.5 Å². The van der Waals surface area contributed by atoms with Crippen molar-refractivity contribution in [2.75, 3.05) is 13.2 Å². The number of carbonyl (C=O) groups is 1. The number of benzene rings is 2. The number of nitrogens with zero attached hydrogens (tertiary/aromatic N) is 1. The zero-order valence-corrected chi connectivity index (χ0v) is 14.8. The second-order valence-electron chi connectivity index (χ2n) is 5.42. The summed E-state index contributed by atoms with van der Waals surface area (Å²) < 4.78 is 24.0. The van der Waals surface area contributed by atoms with E-state index in [0.29, 0.717) is 35.4 Å². The Bertz CT molecular complexity index is 908. The average molecular weight is 373 g/mol. The van der Waals surface area contributed by atoms with Crippen LogP contribution in [-0.2, 0) is 0 Å². The number of ether oxygens (including phenoxy) is 2. The van der Waals surface area contributed by atoms with Gasteiger partial charge in [-0.2, -0.15) is 0 Å². The molecule has 0 aliphatic heterocycles. The zero-order valence-electron chi connectivity index (χ0n) is 13.9. The summed E-state index contributed by atoms with van der Waals surface area (Å²) >= 11 is 1.13. The van der Waals surface area contributed by atoms with Crippen molar-refractivity contribution in [1.82, 2.24) is 4.98 Å². The van der Waals surface area contributed by atoms with Gasteiger partial charge in [-0.05, 0) is 43.3 Å². The first-order valence-corrected chi connectivity index (χ1v) is 8.67. The van der Waals surface area contributed by atoms with Crippen LogP contribution < -0.4 is 9.47 Å². The van der Waals surface area contributed by atoms with E-state index in [1.165, 1.54) is 12.1 Å². The van der Waals surface area contributed by atoms with E-state index >= 15 is 0 Å². The summed E-state index contributed by atoms with van der Waals surface area (Å²) in [5.74, 6) is -0.0800. The van der Waals surface area contributed by atoms with Crippen molar-refractivity contribution in [3.8, 4) is 22.1 Å². The van der Waals surface area contributed by atoms with Gasteiger partial charge in [0.2, 0.25) is 0 Å². The van der Waals surface area contributed by atoms with Gasteiger partial charge in [0.25, 0.3) is 0 Å². The van der Waals surface area contributed by atoms with Crippen molar-refractivity contribution < 1.29 is 23.8 Å². The predicted octanol–water partition coefficient (Wildman–Crippen LogP) is 4.41. The molecule has 3 aromatic rings. The minimum atomic E-state index is -0.975. The Kier molecular flexibility index (Phi) is 5.48. The van der Waals surface area contributed by atoms with Crippen LogP contribution in [0.1, 0.15) is 15.4 Å². The summed E-state index contributed by atoms with van der Waals surface area (Å²) in [6, 6.07) is 13.1. The van der Waals surface area contributed by atoms with E-state index in [1.807, 2.05) is 18.2 Å². The third-order valence-corrected chi connectivity index (χ3v) is 4.70. The summed E-state index contributed by atoms with van der Waals surface area (Å²) in [6.07, 6.45) is 0. The van der Waals surface area contributed by atoms with Gasteiger partial charge in [0, 0.05) is 5.56 Å². The molecule has 134 valence electrons. The Labute approximate surface area is 153 Å². The molecule has 0 amide bonds. The molecular weight excluding hydrogens is 357 g/mol. The van der Waals surface area contributed by atoms with Crippen molar-refractivity contribution in [3.63, 3.8) is 0 Å². The first-order chi connectivity index (χ1) is 12.5. The highest BCUT2D eigenvalue weighted by Crippen LogP contribution is 2.30. The van der Waals surface area contributed by atoms with Crippen molar-refractivity contribution in [2.45, 2.75) is 6.92 Å². The van der Waals surface area contributed by atoms with Crippen molar-refractivity contribution in [2.24, 2.45) is 0 Å². The van der Waals surface area contributed by atoms with E-state index in [1.54, 1.807) is 25.1 Å². The van der Waals surface area contributed by atoms with Crippen LogP contribution in [-0.4, -0.2) is 29.3 Å². The van der Waals surface area contributed by atoms with Crippen LogP contribution in [0.3, 0.4) is 0 Å². The van der Waals surface area contributed by atoms with E-state index in [0.717, 1.165) is 16.9 Å². The Balaban J connectivity index is 1.60. The molecule has 7 heteroatoms. The minimum Gasteiger partial charge on any atom is -0.490 e. The average Bonchev–Trinajstić information content (AvgIpc) is 3.03. The summed E-state index contributed by atoms with van der Waals surface area (Å²) in [7, 11) is 0. The molecule has 0 saturated heterocycles. The number of aromatic carboxylic acids is 1. The molecule has 0 unspecified atom stereocenters. The van der Waals surface area contributed by atoms with Gasteiger partial charge in [0.1, 0.15) is 40.4 Å². The van der Waals surface area contributed by atoms with Crippen LogP contribution in [0.15, 0.2) is 48.5 Å². The maximum absolute atomic E-state index is 12.8. The lowest BCUT2D eigenvalue weighted by Gasteiger charge is -2.09. The summed E-state index contributed by atoms with van der Waals surface area (Å²) in [5, 5.41) is 9.78. The van der Waals surface area contributed by atoms with E-state index in [4.69, 9.17) is 14.6 Å². The highest BCUT2D eigenvalue weighted by atomic mass is 32.1. The molecule has 26 heavy (non-hydrogen) atoms. The quantitative estimate of drug-likeness (QED) is 0.621. The number of carboxylic acids is 1. The number of thiazole rings is 1. The highest BCUT2D eigenvalue weighted by molar-refractivity contribution is 7.17. The maximum atomic E-state index is 12.8. The van der Waals surface area contributed by atoms with Crippen molar-refractivity contribution >= 4 is 17.3 Å². The number of hydrogen-bond acceptors (Lipinski definition) is 5. The largest absolute Gasteiger partial charge is 0.490 e. The normalized spacial score (nSPS) is 10.5. The molecule has 0 aliphatic carbocycles. The van der Waals surface area contributed by atoms with Crippen molar-refractivity contribution in [1.29, 1.82) is 0 Å². The third-order valence-electron chi connectivity index (χ3n) is 3.51. The maximum Gasteiger partial charge on any atom is 0.347 e. The lowest BCUT2D eigenvalue weighted by atomic mass is 10.2. The van der Waals surface area contributed by atoms with E-state index in [-0.39, 0.29) is 10.7 Å². The molecule has 1 aromatic heterocycles. The smallest absolute Gasteiger partial charge is 0.347 e. The van der Waals surface area contributed by atoms with Crippen LogP contribution in [0.4, 0.5) is 4.39 Å². The topological polar surface area (TPSA) is 68.7 Å². The van der Waals surface area contributed by atoms with E-state index < -0.39 is 5.97 Å². The van der Waals surface area contributed by atoms with Crippen LogP contribution in [0, 0.1) is 12.7 Å². The molecule has 1 N–H and O–H groups in total. The van der Waals surface area contributed by atoms with E-state index in [9.17, 15) is 9.18 Å². The number of halogens is 1. The minimum absolute atomic E-state index is 0.235. The molecule has 0 spiro atoms. The molecule has 0 aliphatic rings. The second-order valence-corrected chi connectivity index (χ2v) is 6.42. The van der Waals surface area contributed by atoms with Gasteiger partial charge in [0.15, 0.2) is 0 Å². The lowest BCUT2D eigenvalue weighted by molar-refractivity contribution is 0.0701. The third kappa shape index (κ3) is 4.37. The number of carboxylic acid groups (broad SMARTS) is 1. The van der Waals surface area contributed by atoms with Gasteiger partial charge in [-0.15, -0.1) is 11.3 Å². The Morgan fingerprint density at radius 2 is 1.81 bits per heavy atom. The molecule has 2 aromatic carbocycles. The second kappa shape index (κ2) is 7.97. The fourth-order valence-electron chi connectivity index (χ4n) is 2.29. The molecular formula is C19H16FNO4S. The molecule has 1 heterocycles. The fourth-order valence-corrected chi connectivity index (χ4v) is 3.19. The van der Waals surface area contributed by atoms with Gasteiger partial charge in [0.05, 0.1) is 5.69 Å². The summed E-state index contributed by atoms with van der Waals surface area (Å²) in [4.78, 5) is 15.7. The Morgan fingerprint density at radius 3 is 2.46 bits per heavy atom. The SMILES string of the molecule is Cc1nc(-c2cccc(OCCOc3ccc(F)cc3)c2)sc1C(=O)O. The van der Waals surface area contributed by atoms with Gasteiger partial charge in [-0.25, -0.2) is 14.2 Å². The number of aromatic nitrogens is 1. The molecule has 0 fully saturated rings. The molecule has 5 nitrogen and oxygen atoms in total. The van der Waals surface area contributed by atoms with Crippen LogP contribution in [0.25, 0.3) is 10.6 Å². The van der Waals surface area contributed by atoms with Gasteiger partial charge in [-0.1, -0.05) is 12.1 Å². The van der Waals surface area contributed by atoms with Gasteiger partial charge in [-0.3, -0.25) is 0 Å². The number of hydrogen-bond donors (Lipinski definition) is 1. The zero-order chi connectivity index (χ0) is 18.5. The van der Waals surface area contributed by atoms with Crippen LogP contribution >= 0.6 is 11.3 Å². The van der Waals surface area contributed by atoms with E-state index in [2.05, 4.69) is 4.98 Å². The number of rotatable bonds is 7. The van der Waals surface area contributed by atoms with Gasteiger partial charge < -0.3 is 14.6 Å². The standard InChI is InChI=1S/C19H16FNO4S/c1-12-17(19(22)23)26-18(21-12)13-3-2-4-16(11-13)25-10-9-24-15-7-5-14(20)6-8-15/h2-8,11H,9-10H2,1H3,(H,22,23). The van der Waals surface area contributed by atoms with Crippen molar-refractivity contribution in [3.05, 3.63) is 64.9 Å². The predicted molar refractivity (Wildman–Crippen MR) is 96.6 cm³/mol. The van der Waals surface area contributed by atoms with Crippen LogP contribution in [0.2, 0.25) is 0 Å². The molecule has 3 rings (SSSR count). The summed E-state index contributed by atoms with van der Waals surface area (Å²) in [5.41, 5.74) is 1.29. The first kappa shape index (κ1) is 17.9. The lowest BCUT2D eigenvalue weighted by Crippen LogP contribution is -2.08. The number of aryl methyl sites for hydroxylation is 1. The highest BCUT2D eigenvalue weighted by Gasteiger charge is 2.15. The monoisotopic (exact) mass is 373 g/mol.